The molecule has 1 rings (SSSR count). The smallest absolute Gasteiger partial charge is 0.0412 e. The van der Waals surface area contributed by atoms with Crippen LogP contribution in [0.5, 0.6) is 0 Å². The summed E-state index contributed by atoms with van der Waals surface area (Å²) < 4.78 is 0. The van der Waals surface area contributed by atoms with E-state index in [-0.39, 0.29) is 5.54 Å². The average Bonchev–Trinajstić information content (AvgIpc) is 2.96. The minimum absolute atomic E-state index is 0.145. The fraction of sp³-hybridized carbons (Fsp3) is 0.846. The largest absolute Gasteiger partial charge is 0.321 e. The van der Waals surface area contributed by atoms with E-state index in [2.05, 4.69) is 45.9 Å². The molecule has 0 amide bonds. The summed E-state index contributed by atoms with van der Waals surface area (Å²) in [4.78, 5) is 0. The summed E-state index contributed by atoms with van der Waals surface area (Å²) in [5.41, 5.74) is 12.1. The Bertz CT molecular complexity index is 665. The summed E-state index contributed by atoms with van der Waals surface area (Å²) in [5, 5.41) is 0. The third-order valence-electron chi connectivity index (χ3n) is 9.34. The van der Waals surface area contributed by atoms with Crippen molar-refractivity contribution in [2.75, 3.05) is 0 Å². The number of hydrogen-bond donors (Lipinski definition) is 1. The Kier molecular flexibility index (Phi) is 24.0. The maximum absolute atomic E-state index is 7.45. The Morgan fingerprint density at radius 3 is 1.30 bits per heavy atom. The van der Waals surface area contributed by atoms with Gasteiger partial charge in [-0.15, -0.1) is 0 Å². The lowest BCUT2D eigenvalue weighted by Crippen LogP contribution is -2.38. The molecule has 0 aliphatic rings. The van der Waals surface area contributed by atoms with Crippen LogP contribution in [-0.2, 0) is 18.4 Å². The van der Waals surface area contributed by atoms with Crippen LogP contribution in [0.3, 0.4) is 0 Å². The molecule has 1 aromatic rings. The van der Waals surface area contributed by atoms with Gasteiger partial charge in [0.2, 0.25) is 0 Å². The quantitative estimate of drug-likeness (QED) is 0.0977. The monoisotopic (exact) mass is 556 g/mol. The zero-order valence-corrected chi connectivity index (χ0v) is 28.1. The van der Waals surface area contributed by atoms with Crippen LogP contribution >= 0.6 is 0 Å². The van der Waals surface area contributed by atoms with Gasteiger partial charge in [0.15, 0.2) is 0 Å². The second kappa shape index (κ2) is 25.9. The van der Waals surface area contributed by atoms with Gasteiger partial charge in [-0.2, -0.15) is 0 Å². The highest BCUT2D eigenvalue weighted by molar-refractivity contribution is 5.40. The Morgan fingerprint density at radius 2 is 0.825 bits per heavy atom. The molecule has 0 bridgehead atoms. The Balaban J connectivity index is 2.77. The predicted molar refractivity (Wildman–Crippen MR) is 182 cm³/mol. The van der Waals surface area contributed by atoms with E-state index in [0.29, 0.717) is 0 Å². The van der Waals surface area contributed by atoms with Crippen molar-refractivity contribution in [1.82, 2.24) is 0 Å². The van der Waals surface area contributed by atoms with Crippen molar-refractivity contribution in [3.05, 3.63) is 34.9 Å². The topological polar surface area (TPSA) is 26.0 Å². The maximum atomic E-state index is 7.45. The highest BCUT2D eigenvalue weighted by Crippen LogP contribution is 2.36. The van der Waals surface area contributed by atoms with Gasteiger partial charge in [-0.3, -0.25) is 0 Å². The van der Waals surface area contributed by atoms with Gasteiger partial charge in [-0.25, -0.2) is 0 Å². The number of benzene rings is 1. The highest BCUT2D eigenvalue weighted by atomic mass is 14.7. The zero-order chi connectivity index (χ0) is 29.2. The molecule has 1 aromatic carbocycles. The molecule has 0 unspecified atom stereocenters. The van der Waals surface area contributed by atoms with Gasteiger partial charge in [-0.05, 0) is 55.2 Å². The van der Waals surface area contributed by atoms with E-state index in [1.807, 2.05) is 0 Å². The fourth-order valence-corrected chi connectivity index (χ4v) is 6.64. The second-order valence-corrected chi connectivity index (χ2v) is 13.2. The van der Waals surface area contributed by atoms with Crippen molar-refractivity contribution in [3.63, 3.8) is 0 Å². The van der Waals surface area contributed by atoms with E-state index < -0.39 is 0 Å². The SMILES string of the molecule is CCCCCCCCCCCCCCc1cccc(C(N)(CCCCCC)CCCCCC)c1CCCCCC. The first-order chi connectivity index (χ1) is 19.6. The van der Waals surface area contributed by atoms with Gasteiger partial charge in [0.1, 0.15) is 0 Å². The molecule has 0 spiro atoms. The van der Waals surface area contributed by atoms with Crippen molar-refractivity contribution >= 4 is 0 Å². The molecule has 0 fully saturated rings. The van der Waals surface area contributed by atoms with Gasteiger partial charge < -0.3 is 5.73 Å². The van der Waals surface area contributed by atoms with Gasteiger partial charge in [-0.1, -0.05) is 187 Å². The van der Waals surface area contributed by atoms with Crippen LogP contribution < -0.4 is 5.73 Å². The normalized spacial score (nSPS) is 11.9. The first-order valence-corrected chi connectivity index (χ1v) is 18.5. The van der Waals surface area contributed by atoms with Gasteiger partial charge >= 0.3 is 0 Å². The molecule has 0 saturated carbocycles. The van der Waals surface area contributed by atoms with Crippen LogP contribution in [-0.4, -0.2) is 0 Å². The summed E-state index contributed by atoms with van der Waals surface area (Å²) in [6.07, 6.45) is 37.7. The van der Waals surface area contributed by atoms with Crippen molar-refractivity contribution in [2.24, 2.45) is 5.73 Å². The van der Waals surface area contributed by atoms with Gasteiger partial charge in [0.25, 0.3) is 0 Å². The number of nitrogens with two attached hydrogens (primary N) is 1. The zero-order valence-electron chi connectivity index (χ0n) is 28.1. The maximum Gasteiger partial charge on any atom is 0.0412 e. The van der Waals surface area contributed by atoms with E-state index in [4.69, 9.17) is 5.73 Å². The lowest BCUT2D eigenvalue weighted by molar-refractivity contribution is 0.342. The van der Waals surface area contributed by atoms with E-state index >= 15 is 0 Å². The molecule has 0 aromatic heterocycles. The molecule has 1 heteroatoms. The Labute approximate surface area is 253 Å². The molecule has 0 radical (unpaired) electrons. The molecule has 234 valence electrons. The van der Waals surface area contributed by atoms with Crippen molar-refractivity contribution in [2.45, 2.75) is 213 Å². The van der Waals surface area contributed by atoms with Gasteiger partial charge in [0.05, 0.1) is 0 Å². The standard InChI is InChI=1S/C39H73N/c1-5-9-13-17-18-19-20-21-22-23-24-25-30-36-31-29-33-38(37(36)32-26-14-10-6-2)39(40,34-27-15-11-7-3)35-28-16-12-8-4/h29,31,33H,5-28,30,32,34-35,40H2,1-4H3. The lowest BCUT2D eigenvalue weighted by atomic mass is 9.76. The first kappa shape index (κ1) is 37.2. The fourth-order valence-electron chi connectivity index (χ4n) is 6.64. The van der Waals surface area contributed by atoms with E-state index in [1.165, 1.54) is 173 Å². The van der Waals surface area contributed by atoms with Crippen molar-refractivity contribution in [3.8, 4) is 0 Å². The first-order valence-electron chi connectivity index (χ1n) is 18.5. The molecule has 0 aliphatic heterocycles. The number of rotatable bonds is 29. The molecule has 1 nitrogen and oxygen atoms in total. The number of aryl methyl sites for hydroxylation is 1. The summed E-state index contributed by atoms with van der Waals surface area (Å²) in [6.45, 7) is 9.26. The summed E-state index contributed by atoms with van der Waals surface area (Å²) in [5.74, 6) is 0. The van der Waals surface area contributed by atoms with E-state index in [0.717, 1.165) is 12.8 Å². The summed E-state index contributed by atoms with van der Waals surface area (Å²) >= 11 is 0. The average molecular weight is 556 g/mol. The summed E-state index contributed by atoms with van der Waals surface area (Å²) in [6, 6.07) is 7.23. The van der Waals surface area contributed by atoms with Crippen molar-refractivity contribution in [1.29, 1.82) is 0 Å². The number of hydrogen-bond acceptors (Lipinski definition) is 1. The van der Waals surface area contributed by atoms with Gasteiger partial charge in [0, 0.05) is 5.54 Å². The molecule has 0 saturated heterocycles. The summed E-state index contributed by atoms with van der Waals surface area (Å²) in [7, 11) is 0. The second-order valence-electron chi connectivity index (χ2n) is 13.2. The minimum atomic E-state index is -0.145. The lowest BCUT2D eigenvalue weighted by Gasteiger charge is -2.34. The van der Waals surface area contributed by atoms with Crippen LogP contribution in [0, 0.1) is 0 Å². The molecular formula is C39H73N. The molecule has 40 heavy (non-hydrogen) atoms. The minimum Gasteiger partial charge on any atom is -0.321 e. The van der Waals surface area contributed by atoms with Crippen LogP contribution in [0.4, 0.5) is 0 Å². The molecular weight excluding hydrogens is 482 g/mol. The van der Waals surface area contributed by atoms with Crippen molar-refractivity contribution < 1.29 is 0 Å². The van der Waals surface area contributed by atoms with Crippen LogP contribution in [0.1, 0.15) is 211 Å². The third kappa shape index (κ3) is 17.2. The van der Waals surface area contributed by atoms with Crippen LogP contribution in [0.2, 0.25) is 0 Å². The predicted octanol–water partition coefficient (Wildman–Crippen LogP) is 13.1. The van der Waals surface area contributed by atoms with E-state index in [1.54, 1.807) is 11.1 Å². The van der Waals surface area contributed by atoms with Crippen LogP contribution in [0.15, 0.2) is 18.2 Å². The Hall–Kier alpha value is -0.820. The third-order valence-corrected chi connectivity index (χ3v) is 9.34. The van der Waals surface area contributed by atoms with Crippen LogP contribution in [0.25, 0.3) is 0 Å². The number of unbranched alkanes of at least 4 members (excludes halogenated alkanes) is 20. The molecule has 0 atom stereocenters. The van der Waals surface area contributed by atoms with E-state index in [9.17, 15) is 0 Å². The molecule has 0 heterocycles. The Morgan fingerprint density at radius 1 is 0.450 bits per heavy atom. The highest BCUT2D eigenvalue weighted by Gasteiger charge is 2.29. The molecule has 2 N–H and O–H groups in total. The molecule has 0 aliphatic carbocycles.